The largest absolute Gasteiger partial charge is 0.389 e. The Hall–Kier alpha value is -0.490. The summed E-state index contributed by atoms with van der Waals surface area (Å²) < 4.78 is 5.29. The molecule has 0 aromatic carbocycles. The molecule has 0 amide bonds. The van der Waals surface area contributed by atoms with Crippen LogP contribution < -0.4 is 0 Å². The van der Waals surface area contributed by atoms with Gasteiger partial charge in [-0.3, -0.25) is 4.90 Å². The Morgan fingerprint density at radius 2 is 2.44 bits per heavy atom. The van der Waals surface area contributed by atoms with Crippen molar-refractivity contribution in [2.45, 2.75) is 32.5 Å². The van der Waals surface area contributed by atoms with Crippen molar-refractivity contribution >= 4 is 11.3 Å². The van der Waals surface area contributed by atoms with Crippen molar-refractivity contribution in [2.24, 2.45) is 0 Å². The highest BCUT2D eigenvalue weighted by Crippen LogP contribution is 2.18. The van der Waals surface area contributed by atoms with Gasteiger partial charge in [0.1, 0.15) is 5.01 Å². The molecule has 0 bridgehead atoms. The Morgan fingerprint density at radius 3 is 2.94 bits per heavy atom. The third-order valence-corrected chi connectivity index (χ3v) is 3.85. The van der Waals surface area contributed by atoms with Gasteiger partial charge in [-0.05, 0) is 13.5 Å². The van der Waals surface area contributed by atoms with Crippen molar-refractivity contribution in [3.8, 4) is 0 Å². The van der Waals surface area contributed by atoms with Gasteiger partial charge in [-0.15, -0.1) is 11.3 Å². The molecule has 2 heterocycles. The number of hydrogen-bond acceptors (Lipinski definition) is 5. The molecular formula is C11H18N2O2S. The standard InChI is InChI=1S/C11H18N2O2S/c1-3-13(9-5-15-6-10(9)14)4-11-12-8(2)7-16-11/h7,9-10,14H,3-6H2,1-2H3/t9-,10-/m0/s1. The summed E-state index contributed by atoms with van der Waals surface area (Å²) in [5.41, 5.74) is 1.07. The van der Waals surface area contributed by atoms with Gasteiger partial charge in [-0.2, -0.15) is 0 Å². The third kappa shape index (κ3) is 2.60. The molecule has 5 heteroatoms. The van der Waals surface area contributed by atoms with Gasteiger partial charge < -0.3 is 9.84 Å². The van der Waals surface area contributed by atoms with E-state index in [1.54, 1.807) is 11.3 Å². The fourth-order valence-corrected chi connectivity index (χ4v) is 2.79. The lowest BCUT2D eigenvalue weighted by Crippen LogP contribution is -2.42. The van der Waals surface area contributed by atoms with Crippen molar-refractivity contribution in [3.05, 3.63) is 16.1 Å². The van der Waals surface area contributed by atoms with Crippen LogP contribution in [-0.2, 0) is 11.3 Å². The Morgan fingerprint density at radius 1 is 1.62 bits per heavy atom. The van der Waals surface area contributed by atoms with Crippen LogP contribution in [0.15, 0.2) is 5.38 Å². The number of thiazole rings is 1. The predicted octanol–water partition coefficient (Wildman–Crippen LogP) is 1.03. The fraction of sp³-hybridized carbons (Fsp3) is 0.727. The molecule has 1 aliphatic heterocycles. The van der Waals surface area contributed by atoms with Crippen LogP contribution in [0.5, 0.6) is 0 Å². The van der Waals surface area contributed by atoms with E-state index in [2.05, 4.69) is 22.2 Å². The topological polar surface area (TPSA) is 45.6 Å². The summed E-state index contributed by atoms with van der Waals surface area (Å²) in [6.45, 7) is 6.90. The van der Waals surface area contributed by atoms with E-state index >= 15 is 0 Å². The Balaban J connectivity index is 2.00. The molecule has 0 saturated carbocycles. The SMILES string of the molecule is CCN(Cc1nc(C)cs1)[C@H]1COC[C@@H]1O. The second-order valence-corrected chi connectivity index (χ2v) is 5.06. The summed E-state index contributed by atoms with van der Waals surface area (Å²) in [5, 5.41) is 13.0. The molecular weight excluding hydrogens is 224 g/mol. The summed E-state index contributed by atoms with van der Waals surface area (Å²) in [7, 11) is 0. The zero-order valence-corrected chi connectivity index (χ0v) is 10.5. The third-order valence-electron chi connectivity index (χ3n) is 2.90. The maximum atomic E-state index is 9.79. The summed E-state index contributed by atoms with van der Waals surface area (Å²) in [6, 6.07) is 0.120. The molecule has 0 radical (unpaired) electrons. The molecule has 1 aromatic heterocycles. The Bertz CT molecular complexity index is 342. The van der Waals surface area contributed by atoms with Crippen molar-refractivity contribution in [2.75, 3.05) is 19.8 Å². The first-order valence-corrected chi connectivity index (χ1v) is 6.49. The average Bonchev–Trinajstić information content (AvgIpc) is 2.84. The van der Waals surface area contributed by atoms with Crippen LogP contribution in [0.2, 0.25) is 0 Å². The van der Waals surface area contributed by atoms with Crippen LogP contribution in [0.3, 0.4) is 0 Å². The van der Waals surface area contributed by atoms with Crippen LogP contribution >= 0.6 is 11.3 Å². The molecule has 2 atom stereocenters. The Labute approximate surface area is 99.9 Å². The summed E-state index contributed by atoms with van der Waals surface area (Å²) >= 11 is 1.68. The van der Waals surface area contributed by atoms with Gasteiger partial charge in [0.25, 0.3) is 0 Å². The summed E-state index contributed by atoms with van der Waals surface area (Å²) in [4.78, 5) is 6.68. The number of ether oxygens (including phenoxy) is 1. The van der Waals surface area contributed by atoms with Crippen LogP contribution in [0.25, 0.3) is 0 Å². The zero-order valence-electron chi connectivity index (χ0n) is 9.72. The number of nitrogens with zero attached hydrogens (tertiary/aromatic N) is 2. The van der Waals surface area contributed by atoms with Crippen molar-refractivity contribution < 1.29 is 9.84 Å². The lowest BCUT2D eigenvalue weighted by molar-refractivity contribution is 0.0807. The van der Waals surface area contributed by atoms with E-state index in [0.717, 1.165) is 23.8 Å². The molecule has 1 fully saturated rings. The monoisotopic (exact) mass is 242 g/mol. The smallest absolute Gasteiger partial charge is 0.107 e. The quantitative estimate of drug-likeness (QED) is 0.856. The van der Waals surface area contributed by atoms with Crippen LogP contribution in [0.4, 0.5) is 0 Å². The van der Waals surface area contributed by atoms with Gasteiger partial charge in [0.2, 0.25) is 0 Å². The minimum absolute atomic E-state index is 0.120. The van der Waals surface area contributed by atoms with E-state index in [1.165, 1.54) is 0 Å². The predicted molar refractivity (Wildman–Crippen MR) is 63.5 cm³/mol. The number of aryl methyl sites for hydroxylation is 1. The number of aromatic nitrogens is 1. The summed E-state index contributed by atoms with van der Waals surface area (Å²) in [5.74, 6) is 0. The molecule has 0 spiro atoms. The maximum absolute atomic E-state index is 9.79. The molecule has 1 aromatic rings. The lowest BCUT2D eigenvalue weighted by atomic mass is 10.2. The first-order valence-electron chi connectivity index (χ1n) is 5.61. The number of hydrogen-bond donors (Lipinski definition) is 1. The average molecular weight is 242 g/mol. The highest BCUT2D eigenvalue weighted by Gasteiger charge is 2.31. The Kier molecular flexibility index (Phi) is 3.91. The second-order valence-electron chi connectivity index (χ2n) is 4.12. The molecule has 1 N–H and O–H groups in total. The minimum Gasteiger partial charge on any atom is -0.389 e. The minimum atomic E-state index is -0.360. The van der Waals surface area contributed by atoms with Gasteiger partial charge in [-0.25, -0.2) is 4.98 Å². The molecule has 4 nitrogen and oxygen atoms in total. The van der Waals surface area contributed by atoms with Crippen LogP contribution in [0, 0.1) is 6.92 Å². The van der Waals surface area contributed by atoms with Crippen molar-refractivity contribution in [1.29, 1.82) is 0 Å². The highest BCUT2D eigenvalue weighted by atomic mass is 32.1. The molecule has 1 aliphatic rings. The van der Waals surface area contributed by atoms with Gasteiger partial charge >= 0.3 is 0 Å². The number of aliphatic hydroxyl groups is 1. The van der Waals surface area contributed by atoms with Gasteiger partial charge in [0.15, 0.2) is 0 Å². The van der Waals surface area contributed by atoms with Gasteiger partial charge in [-0.1, -0.05) is 6.92 Å². The van der Waals surface area contributed by atoms with E-state index in [-0.39, 0.29) is 12.1 Å². The highest BCUT2D eigenvalue weighted by molar-refractivity contribution is 7.09. The zero-order chi connectivity index (χ0) is 11.5. The maximum Gasteiger partial charge on any atom is 0.107 e. The first-order chi connectivity index (χ1) is 7.70. The number of rotatable bonds is 4. The molecule has 16 heavy (non-hydrogen) atoms. The van der Waals surface area contributed by atoms with Crippen LogP contribution in [0.1, 0.15) is 17.6 Å². The van der Waals surface area contributed by atoms with E-state index in [1.807, 2.05) is 6.92 Å². The van der Waals surface area contributed by atoms with Gasteiger partial charge in [0, 0.05) is 11.1 Å². The fourth-order valence-electron chi connectivity index (χ4n) is 1.99. The second kappa shape index (κ2) is 5.23. The molecule has 1 saturated heterocycles. The number of aliphatic hydroxyl groups excluding tert-OH is 1. The molecule has 0 unspecified atom stereocenters. The summed E-state index contributed by atoms with van der Waals surface area (Å²) in [6.07, 6.45) is -0.360. The first kappa shape index (κ1) is 12.0. The van der Waals surface area contributed by atoms with Gasteiger partial charge in [0.05, 0.1) is 31.9 Å². The van der Waals surface area contributed by atoms with Crippen molar-refractivity contribution in [1.82, 2.24) is 9.88 Å². The van der Waals surface area contributed by atoms with E-state index in [4.69, 9.17) is 4.74 Å². The number of likely N-dealkylation sites (N-methyl/N-ethyl adjacent to an activating group) is 1. The van der Waals surface area contributed by atoms with E-state index in [9.17, 15) is 5.11 Å². The van der Waals surface area contributed by atoms with E-state index < -0.39 is 0 Å². The van der Waals surface area contributed by atoms with Crippen molar-refractivity contribution in [3.63, 3.8) is 0 Å². The molecule has 90 valence electrons. The molecule has 2 rings (SSSR count). The van der Waals surface area contributed by atoms with Crippen LogP contribution in [-0.4, -0.2) is 46.9 Å². The lowest BCUT2D eigenvalue weighted by Gasteiger charge is -2.27. The normalized spacial score (nSPS) is 25.5. The molecule has 0 aliphatic carbocycles. The van der Waals surface area contributed by atoms with E-state index in [0.29, 0.717) is 13.2 Å².